The maximum absolute atomic E-state index is 5.61. The first-order valence-corrected chi connectivity index (χ1v) is 8.79. The van der Waals surface area contributed by atoms with Gasteiger partial charge >= 0.3 is 0 Å². The lowest BCUT2D eigenvalue weighted by atomic mass is 9.78. The van der Waals surface area contributed by atoms with Crippen LogP contribution in [-0.4, -0.2) is 50.8 Å². The number of piperidine rings is 1. The first-order chi connectivity index (χ1) is 9.78. The van der Waals surface area contributed by atoms with Gasteiger partial charge in [-0.15, -0.1) is 0 Å². The van der Waals surface area contributed by atoms with Gasteiger partial charge in [-0.1, -0.05) is 20.3 Å². The van der Waals surface area contributed by atoms with Gasteiger partial charge in [-0.3, -0.25) is 0 Å². The molecule has 0 bridgehead atoms. The maximum atomic E-state index is 5.61. The summed E-state index contributed by atoms with van der Waals surface area (Å²) >= 11 is 0. The lowest BCUT2D eigenvalue weighted by Gasteiger charge is -2.43. The zero-order valence-corrected chi connectivity index (χ0v) is 13.6. The van der Waals surface area contributed by atoms with Crippen molar-refractivity contribution in [3.63, 3.8) is 0 Å². The monoisotopic (exact) mass is 282 g/mol. The topological polar surface area (TPSA) is 24.5 Å². The Morgan fingerprint density at radius 2 is 1.85 bits per heavy atom. The van der Waals surface area contributed by atoms with Crippen LogP contribution in [0.1, 0.15) is 52.4 Å². The Labute approximate surface area is 125 Å². The summed E-state index contributed by atoms with van der Waals surface area (Å²) in [5, 5.41) is 3.67. The second-order valence-electron chi connectivity index (χ2n) is 6.92. The zero-order chi connectivity index (χ0) is 14.3. The minimum atomic E-state index is 0.465. The number of ether oxygens (including phenoxy) is 1. The van der Waals surface area contributed by atoms with Gasteiger partial charge in [0, 0.05) is 26.3 Å². The molecule has 2 aliphatic rings. The van der Waals surface area contributed by atoms with E-state index in [1.807, 2.05) is 0 Å². The summed E-state index contributed by atoms with van der Waals surface area (Å²) in [5.74, 6) is 0.982. The Balaban J connectivity index is 1.83. The fourth-order valence-corrected chi connectivity index (χ4v) is 3.75. The van der Waals surface area contributed by atoms with Crippen molar-refractivity contribution in [1.82, 2.24) is 10.2 Å². The molecule has 2 aliphatic heterocycles. The minimum absolute atomic E-state index is 0.465. The van der Waals surface area contributed by atoms with E-state index in [1.54, 1.807) is 0 Å². The molecule has 0 spiro atoms. The van der Waals surface area contributed by atoms with Crippen LogP contribution < -0.4 is 5.32 Å². The van der Waals surface area contributed by atoms with Crippen LogP contribution in [0.5, 0.6) is 0 Å². The van der Waals surface area contributed by atoms with Crippen LogP contribution in [0.15, 0.2) is 0 Å². The van der Waals surface area contributed by atoms with E-state index < -0.39 is 0 Å². The van der Waals surface area contributed by atoms with Crippen LogP contribution in [0.2, 0.25) is 0 Å². The number of nitrogens with one attached hydrogen (secondary N) is 1. The third kappa shape index (κ3) is 4.71. The molecule has 118 valence electrons. The Bertz CT molecular complexity index is 256. The van der Waals surface area contributed by atoms with Crippen LogP contribution >= 0.6 is 0 Å². The van der Waals surface area contributed by atoms with Crippen LogP contribution in [0.4, 0.5) is 0 Å². The van der Waals surface area contributed by atoms with Gasteiger partial charge in [0.25, 0.3) is 0 Å². The highest BCUT2D eigenvalue weighted by molar-refractivity contribution is 4.88. The summed E-state index contributed by atoms with van der Waals surface area (Å²) in [6, 6.07) is 0. The third-order valence-electron chi connectivity index (χ3n) is 5.32. The lowest BCUT2D eigenvalue weighted by molar-refractivity contribution is -0.00961. The fraction of sp³-hybridized carbons (Fsp3) is 1.00. The molecule has 2 fully saturated rings. The molecule has 0 unspecified atom stereocenters. The highest BCUT2D eigenvalue weighted by Crippen LogP contribution is 2.32. The molecule has 0 aromatic carbocycles. The van der Waals surface area contributed by atoms with E-state index in [4.69, 9.17) is 4.74 Å². The van der Waals surface area contributed by atoms with Crippen LogP contribution in [0.3, 0.4) is 0 Å². The SMILES string of the molecule is CCCNCC1(CN2CCC(CC)CC2)CCOCC1. The molecule has 0 radical (unpaired) electrons. The van der Waals surface area contributed by atoms with Gasteiger partial charge in [0.2, 0.25) is 0 Å². The fourth-order valence-electron chi connectivity index (χ4n) is 3.75. The van der Waals surface area contributed by atoms with Gasteiger partial charge in [0.15, 0.2) is 0 Å². The Hall–Kier alpha value is -0.120. The van der Waals surface area contributed by atoms with Crippen LogP contribution in [-0.2, 0) is 4.74 Å². The number of nitrogens with zero attached hydrogens (tertiary/aromatic N) is 1. The van der Waals surface area contributed by atoms with Gasteiger partial charge < -0.3 is 15.0 Å². The molecule has 0 aromatic rings. The second-order valence-corrected chi connectivity index (χ2v) is 6.92. The predicted molar refractivity (Wildman–Crippen MR) is 85.1 cm³/mol. The number of likely N-dealkylation sites (tertiary alicyclic amines) is 1. The number of hydrogen-bond donors (Lipinski definition) is 1. The van der Waals surface area contributed by atoms with E-state index in [-0.39, 0.29) is 0 Å². The van der Waals surface area contributed by atoms with Crippen molar-refractivity contribution in [3.8, 4) is 0 Å². The van der Waals surface area contributed by atoms with E-state index in [0.717, 1.165) is 25.7 Å². The zero-order valence-electron chi connectivity index (χ0n) is 13.6. The average molecular weight is 282 g/mol. The largest absolute Gasteiger partial charge is 0.381 e. The molecular weight excluding hydrogens is 248 g/mol. The molecule has 0 aliphatic carbocycles. The van der Waals surface area contributed by atoms with Crippen molar-refractivity contribution in [2.45, 2.75) is 52.4 Å². The summed E-state index contributed by atoms with van der Waals surface area (Å²) in [5.41, 5.74) is 0.465. The molecule has 3 heteroatoms. The van der Waals surface area contributed by atoms with Crippen LogP contribution in [0.25, 0.3) is 0 Å². The molecule has 0 saturated carbocycles. The Morgan fingerprint density at radius 3 is 2.45 bits per heavy atom. The van der Waals surface area contributed by atoms with Crippen molar-refractivity contribution >= 4 is 0 Å². The van der Waals surface area contributed by atoms with Gasteiger partial charge in [-0.25, -0.2) is 0 Å². The standard InChI is InChI=1S/C17H34N2O/c1-3-9-18-14-17(7-12-20-13-8-17)15-19-10-5-16(4-2)6-11-19/h16,18H,3-15H2,1-2H3. The van der Waals surface area contributed by atoms with Gasteiger partial charge in [-0.2, -0.15) is 0 Å². The number of rotatable bonds is 7. The van der Waals surface area contributed by atoms with E-state index in [2.05, 4.69) is 24.1 Å². The molecule has 2 heterocycles. The molecule has 20 heavy (non-hydrogen) atoms. The first kappa shape index (κ1) is 16.3. The highest BCUT2D eigenvalue weighted by atomic mass is 16.5. The summed E-state index contributed by atoms with van der Waals surface area (Å²) in [4.78, 5) is 2.73. The molecule has 0 atom stereocenters. The predicted octanol–water partition coefficient (Wildman–Crippen LogP) is 2.90. The molecule has 3 nitrogen and oxygen atoms in total. The second kappa shape index (κ2) is 8.35. The van der Waals surface area contributed by atoms with E-state index in [0.29, 0.717) is 5.41 Å². The van der Waals surface area contributed by atoms with Crippen molar-refractivity contribution < 1.29 is 4.74 Å². The highest BCUT2D eigenvalue weighted by Gasteiger charge is 2.34. The molecular formula is C17H34N2O. The van der Waals surface area contributed by atoms with E-state index in [9.17, 15) is 0 Å². The molecule has 0 aromatic heterocycles. The molecule has 1 N–H and O–H groups in total. The number of hydrogen-bond acceptors (Lipinski definition) is 3. The molecule has 2 rings (SSSR count). The van der Waals surface area contributed by atoms with Crippen molar-refractivity contribution in [2.24, 2.45) is 11.3 Å². The first-order valence-electron chi connectivity index (χ1n) is 8.79. The minimum Gasteiger partial charge on any atom is -0.381 e. The Kier molecular flexibility index (Phi) is 6.79. The van der Waals surface area contributed by atoms with Crippen molar-refractivity contribution in [2.75, 3.05) is 45.9 Å². The van der Waals surface area contributed by atoms with Gasteiger partial charge in [-0.05, 0) is 63.1 Å². The van der Waals surface area contributed by atoms with E-state index >= 15 is 0 Å². The molecule has 0 amide bonds. The van der Waals surface area contributed by atoms with Gasteiger partial charge in [0.1, 0.15) is 0 Å². The van der Waals surface area contributed by atoms with Crippen LogP contribution in [0, 0.1) is 11.3 Å². The normalized spacial score (nSPS) is 24.9. The Morgan fingerprint density at radius 1 is 1.15 bits per heavy atom. The van der Waals surface area contributed by atoms with E-state index in [1.165, 1.54) is 64.7 Å². The van der Waals surface area contributed by atoms with Crippen molar-refractivity contribution in [3.05, 3.63) is 0 Å². The van der Waals surface area contributed by atoms with Crippen molar-refractivity contribution in [1.29, 1.82) is 0 Å². The summed E-state index contributed by atoms with van der Waals surface area (Å²) in [6.07, 6.45) is 7.88. The third-order valence-corrected chi connectivity index (χ3v) is 5.32. The molecule has 2 saturated heterocycles. The summed E-state index contributed by atoms with van der Waals surface area (Å²) in [7, 11) is 0. The summed E-state index contributed by atoms with van der Waals surface area (Å²) < 4.78 is 5.61. The summed E-state index contributed by atoms with van der Waals surface area (Å²) in [6.45, 7) is 12.7. The smallest absolute Gasteiger partial charge is 0.0472 e. The quantitative estimate of drug-likeness (QED) is 0.727. The van der Waals surface area contributed by atoms with Gasteiger partial charge in [0.05, 0.1) is 0 Å². The average Bonchev–Trinajstić information content (AvgIpc) is 2.49. The lowest BCUT2D eigenvalue weighted by Crippen LogP contribution is -2.49. The maximum Gasteiger partial charge on any atom is 0.0472 e.